The van der Waals surface area contributed by atoms with Gasteiger partial charge in [0.25, 0.3) is 0 Å². The monoisotopic (exact) mass is 334 g/mol. The lowest BCUT2D eigenvalue weighted by atomic mass is 10.1. The van der Waals surface area contributed by atoms with E-state index in [1.807, 2.05) is 12.1 Å². The third-order valence-electron chi connectivity index (χ3n) is 4.07. The van der Waals surface area contributed by atoms with E-state index in [1.165, 1.54) is 38.5 Å². The lowest BCUT2D eigenvalue weighted by Crippen LogP contribution is -2.41. The van der Waals surface area contributed by atoms with Gasteiger partial charge in [0.2, 0.25) is 0 Å². The molecular formula is C18H30N4O2. The number of pyridine rings is 1. The normalized spacial score (nSPS) is 16.5. The van der Waals surface area contributed by atoms with Crippen molar-refractivity contribution >= 4 is 5.96 Å². The minimum atomic E-state index is 0.442. The predicted molar refractivity (Wildman–Crippen MR) is 96.5 cm³/mol. The van der Waals surface area contributed by atoms with Gasteiger partial charge in [0.05, 0.1) is 25.5 Å². The van der Waals surface area contributed by atoms with Crippen LogP contribution in [0.1, 0.15) is 38.5 Å². The van der Waals surface area contributed by atoms with E-state index in [1.54, 1.807) is 19.4 Å². The number of ether oxygens (including phenoxy) is 2. The maximum absolute atomic E-state index is 5.96. The molecular weight excluding hydrogens is 304 g/mol. The van der Waals surface area contributed by atoms with Gasteiger partial charge in [-0.25, -0.2) is 0 Å². The average Bonchev–Trinajstić information content (AvgIpc) is 2.90. The zero-order chi connectivity index (χ0) is 16.9. The molecule has 0 spiro atoms. The molecule has 0 atom stereocenters. The molecule has 0 unspecified atom stereocenters. The molecule has 0 aromatic carbocycles. The number of aliphatic imine (C=N–C) groups is 1. The van der Waals surface area contributed by atoms with Crippen LogP contribution >= 0.6 is 0 Å². The van der Waals surface area contributed by atoms with Crippen LogP contribution in [0.15, 0.2) is 29.5 Å². The number of hydrogen-bond acceptors (Lipinski definition) is 4. The first-order valence-electron chi connectivity index (χ1n) is 8.97. The number of hydrogen-bond donors (Lipinski definition) is 2. The molecule has 1 fully saturated rings. The maximum atomic E-state index is 5.96. The van der Waals surface area contributed by atoms with Crippen molar-refractivity contribution in [1.82, 2.24) is 15.6 Å². The Hall–Kier alpha value is -1.82. The van der Waals surface area contributed by atoms with E-state index < -0.39 is 0 Å². The third-order valence-corrected chi connectivity index (χ3v) is 4.07. The lowest BCUT2D eigenvalue weighted by molar-refractivity contribution is 0.0468. The van der Waals surface area contributed by atoms with Gasteiger partial charge in [-0.3, -0.25) is 9.98 Å². The van der Waals surface area contributed by atoms with Gasteiger partial charge in [0.15, 0.2) is 5.96 Å². The van der Waals surface area contributed by atoms with E-state index in [9.17, 15) is 0 Å². The molecule has 6 heteroatoms. The first kappa shape index (κ1) is 18.5. The Morgan fingerprint density at radius 3 is 2.58 bits per heavy atom. The molecule has 134 valence electrons. The molecule has 0 radical (unpaired) electrons. The SMILES string of the molecule is CN=C(NCCOc1cccnc1)NCCOC1CCCCCC1. The van der Waals surface area contributed by atoms with Crippen molar-refractivity contribution in [3.63, 3.8) is 0 Å². The summed E-state index contributed by atoms with van der Waals surface area (Å²) in [5.74, 6) is 1.55. The second kappa shape index (κ2) is 11.7. The van der Waals surface area contributed by atoms with Crippen LogP contribution < -0.4 is 15.4 Å². The molecule has 24 heavy (non-hydrogen) atoms. The molecule has 2 rings (SSSR count). The minimum Gasteiger partial charge on any atom is -0.490 e. The van der Waals surface area contributed by atoms with Crippen LogP contribution in [0, 0.1) is 0 Å². The van der Waals surface area contributed by atoms with E-state index in [-0.39, 0.29) is 0 Å². The fourth-order valence-corrected chi connectivity index (χ4v) is 2.79. The highest BCUT2D eigenvalue weighted by Crippen LogP contribution is 2.19. The fraction of sp³-hybridized carbons (Fsp3) is 0.667. The second-order valence-electron chi connectivity index (χ2n) is 5.95. The molecule has 0 saturated heterocycles. The van der Waals surface area contributed by atoms with Crippen LogP contribution in [0.2, 0.25) is 0 Å². The standard InChI is InChI=1S/C18H30N4O2/c1-19-18(22-12-14-24-17-9-6-10-20-15-17)21-11-13-23-16-7-4-2-3-5-8-16/h6,9-10,15-16H,2-5,7-8,11-14H2,1H3,(H2,19,21,22). The quantitative estimate of drug-likeness (QED) is 0.331. The zero-order valence-electron chi connectivity index (χ0n) is 14.7. The van der Waals surface area contributed by atoms with Gasteiger partial charge in [-0.2, -0.15) is 0 Å². The average molecular weight is 334 g/mol. The number of rotatable bonds is 8. The highest BCUT2D eigenvalue weighted by molar-refractivity contribution is 5.79. The number of guanidine groups is 1. The summed E-state index contributed by atoms with van der Waals surface area (Å²) in [5.41, 5.74) is 0. The van der Waals surface area contributed by atoms with Gasteiger partial charge < -0.3 is 20.1 Å². The fourth-order valence-electron chi connectivity index (χ4n) is 2.79. The Morgan fingerprint density at radius 2 is 1.92 bits per heavy atom. The van der Waals surface area contributed by atoms with Crippen molar-refractivity contribution in [2.45, 2.75) is 44.6 Å². The van der Waals surface area contributed by atoms with Crippen molar-refractivity contribution in [2.24, 2.45) is 4.99 Å². The topological polar surface area (TPSA) is 67.8 Å². The molecule has 1 heterocycles. The zero-order valence-corrected chi connectivity index (χ0v) is 14.7. The molecule has 2 N–H and O–H groups in total. The van der Waals surface area contributed by atoms with E-state index >= 15 is 0 Å². The Morgan fingerprint density at radius 1 is 1.17 bits per heavy atom. The van der Waals surface area contributed by atoms with E-state index in [0.717, 1.165) is 24.9 Å². The third kappa shape index (κ3) is 7.64. The summed E-state index contributed by atoms with van der Waals surface area (Å²) in [6, 6.07) is 3.75. The van der Waals surface area contributed by atoms with Crippen molar-refractivity contribution in [1.29, 1.82) is 0 Å². The molecule has 6 nitrogen and oxygen atoms in total. The molecule has 1 saturated carbocycles. The van der Waals surface area contributed by atoms with Crippen molar-refractivity contribution in [2.75, 3.05) is 33.4 Å². The number of nitrogens with one attached hydrogen (secondary N) is 2. The van der Waals surface area contributed by atoms with Gasteiger partial charge in [-0.05, 0) is 25.0 Å². The summed E-state index contributed by atoms with van der Waals surface area (Å²) < 4.78 is 11.5. The van der Waals surface area contributed by atoms with Gasteiger partial charge in [-0.1, -0.05) is 25.7 Å². The van der Waals surface area contributed by atoms with Crippen LogP contribution in [0.4, 0.5) is 0 Å². The van der Waals surface area contributed by atoms with Crippen molar-refractivity contribution < 1.29 is 9.47 Å². The summed E-state index contributed by atoms with van der Waals surface area (Å²) in [5, 5.41) is 6.50. The number of aromatic nitrogens is 1. The van der Waals surface area contributed by atoms with Crippen LogP contribution in [0.3, 0.4) is 0 Å². The maximum Gasteiger partial charge on any atom is 0.191 e. The Labute approximate surface area is 145 Å². The first-order chi connectivity index (χ1) is 11.9. The molecule has 0 aliphatic heterocycles. The van der Waals surface area contributed by atoms with Crippen LogP contribution in [0.5, 0.6) is 5.75 Å². The Balaban J connectivity index is 1.52. The smallest absolute Gasteiger partial charge is 0.191 e. The number of nitrogens with zero attached hydrogens (tertiary/aromatic N) is 2. The van der Waals surface area contributed by atoms with Gasteiger partial charge in [0.1, 0.15) is 12.4 Å². The largest absolute Gasteiger partial charge is 0.490 e. The summed E-state index contributed by atoms with van der Waals surface area (Å²) in [6.45, 7) is 2.72. The molecule has 0 amide bonds. The summed E-state index contributed by atoms with van der Waals surface area (Å²) in [6.07, 6.45) is 11.6. The predicted octanol–water partition coefficient (Wildman–Crippen LogP) is 2.36. The van der Waals surface area contributed by atoms with Gasteiger partial charge >= 0.3 is 0 Å². The summed E-state index contributed by atoms with van der Waals surface area (Å²) in [7, 11) is 1.77. The Bertz CT molecular complexity index is 459. The van der Waals surface area contributed by atoms with E-state index in [2.05, 4.69) is 20.6 Å². The molecule has 0 bridgehead atoms. The highest BCUT2D eigenvalue weighted by atomic mass is 16.5. The molecule has 1 aliphatic rings. The molecule has 1 aromatic rings. The van der Waals surface area contributed by atoms with E-state index in [0.29, 0.717) is 19.3 Å². The van der Waals surface area contributed by atoms with Gasteiger partial charge in [0, 0.05) is 19.8 Å². The summed E-state index contributed by atoms with van der Waals surface area (Å²) in [4.78, 5) is 8.22. The van der Waals surface area contributed by atoms with Crippen LogP contribution in [0.25, 0.3) is 0 Å². The highest BCUT2D eigenvalue weighted by Gasteiger charge is 2.12. The van der Waals surface area contributed by atoms with Crippen LogP contribution in [-0.4, -0.2) is 50.4 Å². The van der Waals surface area contributed by atoms with E-state index in [4.69, 9.17) is 9.47 Å². The first-order valence-corrected chi connectivity index (χ1v) is 8.97. The molecule has 1 aliphatic carbocycles. The van der Waals surface area contributed by atoms with Crippen LogP contribution in [-0.2, 0) is 4.74 Å². The molecule has 1 aromatic heterocycles. The van der Waals surface area contributed by atoms with Crippen molar-refractivity contribution in [3.05, 3.63) is 24.5 Å². The lowest BCUT2D eigenvalue weighted by Gasteiger charge is -2.17. The Kier molecular flexibility index (Phi) is 9.01. The van der Waals surface area contributed by atoms with Gasteiger partial charge in [-0.15, -0.1) is 0 Å². The summed E-state index contributed by atoms with van der Waals surface area (Å²) >= 11 is 0. The van der Waals surface area contributed by atoms with Crippen molar-refractivity contribution in [3.8, 4) is 5.75 Å². The minimum absolute atomic E-state index is 0.442. The second-order valence-corrected chi connectivity index (χ2v) is 5.95.